The topological polar surface area (TPSA) is 15.3 Å². The first-order valence-electron chi connectivity index (χ1n) is 6.42. The van der Waals surface area contributed by atoms with Crippen LogP contribution in [0, 0.1) is 0 Å². The molecule has 0 aromatic carbocycles. The van der Waals surface area contributed by atoms with Crippen LogP contribution in [0.5, 0.6) is 0 Å². The molecule has 0 amide bonds. The average Bonchev–Trinajstić information content (AvgIpc) is 2.75. The number of likely N-dealkylation sites (tertiary alicyclic amines) is 1. The minimum Gasteiger partial charge on any atom is -0.315 e. The molecule has 0 saturated carbocycles. The first-order chi connectivity index (χ1) is 7.43. The zero-order chi connectivity index (χ0) is 10.8. The number of alkyl halides is 1. The second-order valence-electron chi connectivity index (χ2n) is 4.40. The molecule has 1 aliphatic rings. The number of hydrogen-bond donors (Lipinski definition) is 1. The largest absolute Gasteiger partial charge is 0.315 e. The maximum Gasteiger partial charge on any atom is 0.0107 e. The number of rotatable bonds is 9. The van der Waals surface area contributed by atoms with Gasteiger partial charge >= 0.3 is 0 Å². The molecule has 1 fully saturated rings. The molecule has 0 aromatic rings. The summed E-state index contributed by atoms with van der Waals surface area (Å²) in [7, 11) is 0. The number of nitrogens with one attached hydrogen (secondary N) is 1. The third kappa shape index (κ3) is 7.31. The Morgan fingerprint density at radius 3 is 2.40 bits per heavy atom. The maximum absolute atomic E-state index is 3.54. The lowest BCUT2D eigenvalue weighted by atomic mass is 10.2. The molecule has 1 saturated heterocycles. The van der Waals surface area contributed by atoms with Gasteiger partial charge < -0.3 is 10.2 Å². The van der Waals surface area contributed by atoms with Crippen LogP contribution in [0.4, 0.5) is 0 Å². The fourth-order valence-electron chi connectivity index (χ4n) is 2.07. The monoisotopic (exact) mass is 276 g/mol. The van der Waals surface area contributed by atoms with Crippen LogP contribution >= 0.6 is 15.9 Å². The average molecular weight is 277 g/mol. The van der Waals surface area contributed by atoms with Crippen LogP contribution in [-0.4, -0.2) is 43.0 Å². The van der Waals surface area contributed by atoms with Crippen molar-refractivity contribution in [2.24, 2.45) is 0 Å². The molecular formula is C12H25BrN2. The molecular weight excluding hydrogens is 252 g/mol. The van der Waals surface area contributed by atoms with Gasteiger partial charge in [-0.05, 0) is 45.3 Å². The van der Waals surface area contributed by atoms with Gasteiger partial charge in [0.1, 0.15) is 0 Å². The molecule has 3 heteroatoms. The minimum atomic E-state index is 1.16. The standard InChI is InChI=1S/C12H25BrN2/c13-7-3-1-2-4-8-14-9-12-15-10-5-6-11-15/h14H,1-12H2. The van der Waals surface area contributed by atoms with Crippen molar-refractivity contribution >= 4 is 15.9 Å². The highest BCUT2D eigenvalue weighted by Gasteiger charge is 2.09. The van der Waals surface area contributed by atoms with E-state index in [4.69, 9.17) is 0 Å². The van der Waals surface area contributed by atoms with Gasteiger partial charge in [0.25, 0.3) is 0 Å². The van der Waals surface area contributed by atoms with Gasteiger partial charge in [-0.15, -0.1) is 0 Å². The molecule has 0 unspecified atom stereocenters. The highest BCUT2D eigenvalue weighted by atomic mass is 79.9. The first-order valence-corrected chi connectivity index (χ1v) is 7.54. The second kappa shape index (κ2) is 9.61. The van der Waals surface area contributed by atoms with Gasteiger partial charge in [0, 0.05) is 18.4 Å². The number of halogens is 1. The van der Waals surface area contributed by atoms with Crippen molar-refractivity contribution in [1.29, 1.82) is 0 Å². The minimum absolute atomic E-state index is 1.16. The molecule has 0 bridgehead atoms. The quantitative estimate of drug-likeness (QED) is 0.515. The second-order valence-corrected chi connectivity index (χ2v) is 5.19. The Hall–Kier alpha value is 0.400. The van der Waals surface area contributed by atoms with E-state index in [1.54, 1.807) is 0 Å². The van der Waals surface area contributed by atoms with Gasteiger partial charge in [-0.1, -0.05) is 28.8 Å². The van der Waals surface area contributed by atoms with E-state index in [-0.39, 0.29) is 0 Å². The highest BCUT2D eigenvalue weighted by Crippen LogP contribution is 2.05. The Balaban J connectivity index is 1.73. The van der Waals surface area contributed by atoms with Crippen LogP contribution in [0.2, 0.25) is 0 Å². The van der Waals surface area contributed by atoms with Gasteiger partial charge in [-0.3, -0.25) is 0 Å². The smallest absolute Gasteiger partial charge is 0.0107 e. The van der Waals surface area contributed by atoms with Crippen LogP contribution in [-0.2, 0) is 0 Å². The lowest BCUT2D eigenvalue weighted by molar-refractivity contribution is 0.335. The molecule has 90 valence electrons. The van der Waals surface area contributed by atoms with Crippen molar-refractivity contribution in [3.05, 3.63) is 0 Å². The molecule has 0 radical (unpaired) electrons. The summed E-state index contributed by atoms with van der Waals surface area (Å²) < 4.78 is 0. The van der Waals surface area contributed by atoms with E-state index in [0.29, 0.717) is 0 Å². The van der Waals surface area contributed by atoms with Gasteiger partial charge in [-0.2, -0.15) is 0 Å². The number of hydrogen-bond acceptors (Lipinski definition) is 2. The third-order valence-electron chi connectivity index (χ3n) is 3.04. The Kier molecular flexibility index (Phi) is 8.63. The van der Waals surface area contributed by atoms with Crippen LogP contribution in [0.1, 0.15) is 38.5 Å². The predicted molar refractivity (Wildman–Crippen MR) is 70.8 cm³/mol. The summed E-state index contributed by atoms with van der Waals surface area (Å²) >= 11 is 3.46. The predicted octanol–water partition coefficient (Wildman–Crippen LogP) is 2.63. The van der Waals surface area contributed by atoms with Gasteiger partial charge in [0.15, 0.2) is 0 Å². The van der Waals surface area contributed by atoms with Crippen molar-refractivity contribution in [2.75, 3.05) is 38.1 Å². The zero-order valence-electron chi connectivity index (χ0n) is 9.81. The molecule has 0 atom stereocenters. The fourth-order valence-corrected chi connectivity index (χ4v) is 2.46. The van der Waals surface area contributed by atoms with E-state index in [1.165, 1.54) is 71.2 Å². The van der Waals surface area contributed by atoms with Crippen LogP contribution in [0.3, 0.4) is 0 Å². The highest BCUT2D eigenvalue weighted by molar-refractivity contribution is 9.09. The van der Waals surface area contributed by atoms with Crippen molar-refractivity contribution in [2.45, 2.75) is 38.5 Å². The number of unbranched alkanes of at least 4 members (excludes halogenated alkanes) is 3. The van der Waals surface area contributed by atoms with Crippen molar-refractivity contribution in [3.8, 4) is 0 Å². The lowest BCUT2D eigenvalue weighted by Crippen LogP contribution is -2.30. The van der Waals surface area contributed by atoms with E-state index in [2.05, 4.69) is 26.1 Å². The SMILES string of the molecule is BrCCCCCCNCCN1CCCC1. The van der Waals surface area contributed by atoms with E-state index < -0.39 is 0 Å². The Morgan fingerprint density at radius 2 is 1.67 bits per heavy atom. The molecule has 0 aliphatic carbocycles. The first kappa shape index (κ1) is 13.5. The van der Waals surface area contributed by atoms with Crippen LogP contribution in [0.25, 0.3) is 0 Å². The van der Waals surface area contributed by atoms with E-state index in [0.717, 1.165) is 5.33 Å². The number of nitrogens with zero attached hydrogens (tertiary/aromatic N) is 1. The van der Waals surface area contributed by atoms with Crippen molar-refractivity contribution < 1.29 is 0 Å². The zero-order valence-corrected chi connectivity index (χ0v) is 11.4. The fraction of sp³-hybridized carbons (Fsp3) is 1.00. The maximum atomic E-state index is 3.54. The van der Waals surface area contributed by atoms with Gasteiger partial charge in [0.05, 0.1) is 0 Å². The Morgan fingerprint density at radius 1 is 0.933 bits per heavy atom. The summed E-state index contributed by atoms with van der Waals surface area (Å²) in [5.41, 5.74) is 0. The Labute approximate surface area is 103 Å². The molecule has 1 heterocycles. The van der Waals surface area contributed by atoms with Crippen LogP contribution in [0.15, 0.2) is 0 Å². The lowest BCUT2D eigenvalue weighted by Gasteiger charge is -2.14. The van der Waals surface area contributed by atoms with Crippen LogP contribution < -0.4 is 5.32 Å². The van der Waals surface area contributed by atoms with E-state index >= 15 is 0 Å². The molecule has 0 aromatic heterocycles. The van der Waals surface area contributed by atoms with Gasteiger partial charge in [0.2, 0.25) is 0 Å². The summed E-state index contributed by atoms with van der Waals surface area (Å²) in [5.74, 6) is 0. The Bertz CT molecular complexity index is 136. The molecule has 1 rings (SSSR count). The summed E-state index contributed by atoms with van der Waals surface area (Å²) in [6, 6.07) is 0. The van der Waals surface area contributed by atoms with Crippen molar-refractivity contribution in [1.82, 2.24) is 10.2 Å². The molecule has 2 nitrogen and oxygen atoms in total. The van der Waals surface area contributed by atoms with Gasteiger partial charge in [-0.25, -0.2) is 0 Å². The van der Waals surface area contributed by atoms with Crippen molar-refractivity contribution in [3.63, 3.8) is 0 Å². The molecule has 1 N–H and O–H groups in total. The molecule has 0 spiro atoms. The molecule has 1 aliphatic heterocycles. The third-order valence-corrected chi connectivity index (χ3v) is 3.60. The summed E-state index contributed by atoms with van der Waals surface area (Å²) in [4.78, 5) is 2.57. The summed E-state index contributed by atoms with van der Waals surface area (Å²) in [6.45, 7) is 6.29. The summed E-state index contributed by atoms with van der Waals surface area (Å²) in [6.07, 6.45) is 8.24. The van der Waals surface area contributed by atoms with E-state index in [9.17, 15) is 0 Å². The normalized spacial score (nSPS) is 17.4. The van der Waals surface area contributed by atoms with E-state index in [1.807, 2.05) is 0 Å². The molecule has 15 heavy (non-hydrogen) atoms. The summed E-state index contributed by atoms with van der Waals surface area (Å²) in [5, 5.41) is 4.70.